The molecule has 0 spiro atoms. The van der Waals surface area contributed by atoms with Crippen LogP contribution in [0.15, 0.2) is 6.33 Å². The molecule has 0 fully saturated rings. The number of hydrogen-bond acceptors (Lipinski definition) is 5. The molecule has 0 aliphatic heterocycles. The van der Waals surface area contributed by atoms with Crippen molar-refractivity contribution in [2.24, 2.45) is 7.05 Å². The topological polar surface area (TPSA) is 72.2 Å². The monoisotopic (exact) mass is 228 g/mol. The van der Waals surface area contributed by atoms with E-state index in [2.05, 4.69) is 15.4 Å². The van der Waals surface area contributed by atoms with Crippen LogP contribution < -0.4 is 5.32 Å². The van der Waals surface area contributed by atoms with Gasteiger partial charge in [0.15, 0.2) is 5.82 Å². The van der Waals surface area contributed by atoms with Gasteiger partial charge in [0.2, 0.25) is 0 Å². The van der Waals surface area contributed by atoms with Crippen LogP contribution in [0.1, 0.15) is 19.7 Å². The molecule has 0 saturated heterocycles. The van der Waals surface area contributed by atoms with Gasteiger partial charge in [-0.05, 0) is 13.8 Å². The maximum atomic E-state index is 9.55. The Kier molecular flexibility index (Phi) is 5.37. The summed E-state index contributed by atoms with van der Waals surface area (Å²) in [5.74, 6) is 0.722. The first kappa shape index (κ1) is 13.1. The molecule has 0 radical (unpaired) electrons. The van der Waals surface area contributed by atoms with Gasteiger partial charge in [0.25, 0.3) is 0 Å². The second-order valence-corrected chi connectivity index (χ2v) is 4.00. The van der Waals surface area contributed by atoms with Crippen molar-refractivity contribution in [1.29, 1.82) is 0 Å². The van der Waals surface area contributed by atoms with Crippen molar-refractivity contribution in [1.82, 2.24) is 20.1 Å². The Bertz CT molecular complexity index is 301. The molecule has 1 unspecified atom stereocenters. The molecule has 1 atom stereocenters. The summed E-state index contributed by atoms with van der Waals surface area (Å²) in [5, 5.41) is 16.7. The van der Waals surface area contributed by atoms with Gasteiger partial charge in [-0.3, -0.25) is 4.68 Å². The Morgan fingerprint density at radius 2 is 2.31 bits per heavy atom. The van der Waals surface area contributed by atoms with Crippen LogP contribution in [0.4, 0.5) is 0 Å². The van der Waals surface area contributed by atoms with Crippen LogP contribution in [-0.4, -0.2) is 45.2 Å². The third kappa shape index (κ3) is 5.20. The van der Waals surface area contributed by atoms with Crippen LogP contribution in [0.3, 0.4) is 0 Å². The number of aromatic nitrogens is 3. The standard InChI is InChI=1S/C10H20N4O2/c1-8(2)16-6-9(15)4-11-5-10-12-7-14(3)13-10/h7-9,11,15H,4-6H2,1-3H3. The number of rotatable bonds is 7. The molecule has 0 aliphatic carbocycles. The van der Waals surface area contributed by atoms with Gasteiger partial charge >= 0.3 is 0 Å². The van der Waals surface area contributed by atoms with Gasteiger partial charge in [-0.25, -0.2) is 4.98 Å². The molecular formula is C10H20N4O2. The van der Waals surface area contributed by atoms with E-state index in [-0.39, 0.29) is 6.10 Å². The van der Waals surface area contributed by atoms with E-state index < -0.39 is 6.10 Å². The number of hydrogen-bond donors (Lipinski definition) is 2. The van der Waals surface area contributed by atoms with Gasteiger partial charge in [-0.2, -0.15) is 5.10 Å². The molecule has 16 heavy (non-hydrogen) atoms. The molecule has 6 heteroatoms. The van der Waals surface area contributed by atoms with E-state index in [9.17, 15) is 5.11 Å². The fourth-order valence-electron chi connectivity index (χ4n) is 1.18. The van der Waals surface area contributed by atoms with Gasteiger partial charge in [-0.15, -0.1) is 0 Å². The van der Waals surface area contributed by atoms with Crippen LogP contribution >= 0.6 is 0 Å². The average Bonchev–Trinajstić information content (AvgIpc) is 2.61. The summed E-state index contributed by atoms with van der Waals surface area (Å²) in [6.07, 6.45) is 1.30. The summed E-state index contributed by atoms with van der Waals surface area (Å²) in [7, 11) is 1.82. The SMILES string of the molecule is CC(C)OCC(O)CNCc1ncn(C)n1. The van der Waals surface area contributed by atoms with Crippen molar-refractivity contribution in [3.63, 3.8) is 0 Å². The minimum absolute atomic E-state index is 0.145. The minimum atomic E-state index is -0.494. The predicted molar refractivity (Wildman–Crippen MR) is 59.8 cm³/mol. The highest BCUT2D eigenvalue weighted by Gasteiger charge is 2.06. The first-order valence-electron chi connectivity index (χ1n) is 5.43. The van der Waals surface area contributed by atoms with Crippen LogP contribution in [0.25, 0.3) is 0 Å². The van der Waals surface area contributed by atoms with E-state index in [1.165, 1.54) is 0 Å². The van der Waals surface area contributed by atoms with Crippen LogP contribution in [0, 0.1) is 0 Å². The summed E-state index contributed by atoms with van der Waals surface area (Å²) < 4.78 is 6.93. The Morgan fingerprint density at radius 3 is 2.88 bits per heavy atom. The number of ether oxygens (including phenoxy) is 1. The second-order valence-electron chi connectivity index (χ2n) is 4.00. The summed E-state index contributed by atoms with van der Waals surface area (Å²) in [5.41, 5.74) is 0. The van der Waals surface area contributed by atoms with Crippen molar-refractivity contribution in [2.75, 3.05) is 13.2 Å². The molecule has 0 aromatic carbocycles. The van der Waals surface area contributed by atoms with Crippen molar-refractivity contribution in [3.8, 4) is 0 Å². The number of aliphatic hydroxyl groups excluding tert-OH is 1. The van der Waals surface area contributed by atoms with E-state index in [1.54, 1.807) is 11.0 Å². The molecule has 1 heterocycles. The second kappa shape index (κ2) is 6.57. The van der Waals surface area contributed by atoms with Crippen LogP contribution in [0.2, 0.25) is 0 Å². The number of nitrogens with zero attached hydrogens (tertiary/aromatic N) is 3. The Balaban J connectivity index is 2.10. The molecule has 6 nitrogen and oxygen atoms in total. The quantitative estimate of drug-likeness (QED) is 0.670. The van der Waals surface area contributed by atoms with Crippen molar-refractivity contribution < 1.29 is 9.84 Å². The van der Waals surface area contributed by atoms with Gasteiger partial charge < -0.3 is 15.2 Å². The normalized spacial score (nSPS) is 13.3. The number of aryl methyl sites for hydroxylation is 1. The van der Waals surface area contributed by atoms with Gasteiger partial charge in [0.1, 0.15) is 6.33 Å². The Hall–Kier alpha value is -0.980. The largest absolute Gasteiger partial charge is 0.389 e. The lowest BCUT2D eigenvalue weighted by molar-refractivity contribution is 0.00625. The highest BCUT2D eigenvalue weighted by atomic mass is 16.5. The maximum absolute atomic E-state index is 9.55. The van der Waals surface area contributed by atoms with E-state index in [4.69, 9.17) is 4.74 Å². The summed E-state index contributed by atoms with van der Waals surface area (Å²) in [6, 6.07) is 0. The van der Waals surface area contributed by atoms with E-state index in [1.807, 2.05) is 20.9 Å². The summed E-state index contributed by atoms with van der Waals surface area (Å²) in [4.78, 5) is 4.06. The fourth-order valence-corrected chi connectivity index (χ4v) is 1.18. The Labute approximate surface area is 95.6 Å². The van der Waals surface area contributed by atoms with E-state index in [0.29, 0.717) is 19.7 Å². The smallest absolute Gasteiger partial charge is 0.164 e. The zero-order chi connectivity index (χ0) is 12.0. The fraction of sp³-hybridized carbons (Fsp3) is 0.800. The van der Waals surface area contributed by atoms with Crippen molar-refractivity contribution in [2.45, 2.75) is 32.6 Å². The van der Waals surface area contributed by atoms with Crippen molar-refractivity contribution in [3.05, 3.63) is 12.2 Å². The van der Waals surface area contributed by atoms with Crippen LogP contribution in [0.5, 0.6) is 0 Å². The van der Waals surface area contributed by atoms with Crippen LogP contribution in [-0.2, 0) is 18.3 Å². The molecule has 0 saturated carbocycles. The molecular weight excluding hydrogens is 208 g/mol. The van der Waals surface area contributed by atoms with Gasteiger partial charge in [0.05, 0.1) is 25.4 Å². The third-order valence-electron chi connectivity index (χ3n) is 1.93. The highest BCUT2D eigenvalue weighted by molar-refractivity contribution is 4.80. The van der Waals surface area contributed by atoms with Crippen molar-refractivity contribution >= 4 is 0 Å². The number of aliphatic hydroxyl groups is 1. The molecule has 1 aromatic heterocycles. The minimum Gasteiger partial charge on any atom is -0.389 e. The van der Waals surface area contributed by atoms with E-state index in [0.717, 1.165) is 5.82 Å². The van der Waals surface area contributed by atoms with Gasteiger partial charge in [-0.1, -0.05) is 0 Å². The molecule has 2 N–H and O–H groups in total. The first-order chi connectivity index (χ1) is 7.58. The molecule has 0 amide bonds. The zero-order valence-electron chi connectivity index (χ0n) is 10.1. The molecule has 92 valence electrons. The molecule has 1 rings (SSSR count). The lowest BCUT2D eigenvalue weighted by Gasteiger charge is -2.13. The lowest BCUT2D eigenvalue weighted by Crippen LogP contribution is -2.31. The third-order valence-corrected chi connectivity index (χ3v) is 1.93. The lowest BCUT2D eigenvalue weighted by atomic mass is 10.3. The molecule has 0 bridgehead atoms. The van der Waals surface area contributed by atoms with Gasteiger partial charge in [0, 0.05) is 13.6 Å². The molecule has 1 aromatic rings. The zero-order valence-corrected chi connectivity index (χ0v) is 10.1. The number of nitrogens with one attached hydrogen (secondary N) is 1. The predicted octanol–water partition coefficient (Wildman–Crippen LogP) is -0.309. The Morgan fingerprint density at radius 1 is 1.56 bits per heavy atom. The maximum Gasteiger partial charge on any atom is 0.164 e. The molecule has 0 aliphatic rings. The average molecular weight is 228 g/mol. The summed E-state index contributed by atoms with van der Waals surface area (Å²) >= 11 is 0. The summed E-state index contributed by atoms with van der Waals surface area (Å²) in [6.45, 7) is 5.26. The first-order valence-corrected chi connectivity index (χ1v) is 5.43. The highest BCUT2D eigenvalue weighted by Crippen LogP contribution is 1.92. The van der Waals surface area contributed by atoms with E-state index >= 15 is 0 Å².